The molecule has 7 heteroatoms. The Labute approximate surface area is 129 Å². The van der Waals surface area contributed by atoms with Crippen molar-refractivity contribution in [1.29, 1.82) is 0 Å². The standard InChI is InChI=1S/C14H20N2O3S2/c1-9-7-13(17)15-11-8-10(5-6-12(11)20-9)21(18,19)16-14(2,3)4/h5-6,8-9,16H,7H2,1-4H3,(H,15,17)/t9-/m1/s1. The topological polar surface area (TPSA) is 75.3 Å². The number of carbonyl (C=O) groups is 1. The summed E-state index contributed by atoms with van der Waals surface area (Å²) in [4.78, 5) is 12.8. The Morgan fingerprint density at radius 2 is 2.00 bits per heavy atom. The minimum absolute atomic E-state index is 0.0907. The lowest BCUT2D eigenvalue weighted by Crippen LogP contribution is -2.40. The summed E-state index contributed by atoms with van der Waals surface area (Å²) in [6, 6.07) is 4.84. The van der Waals surface area contributed by atoms with Gasteiger partial charge in [0.1, 0.15) is 0 Å². The maximum absolute atomic E-state index is 12.3. The van der Waals surface area contributed by atoms with E-state index in [1.807, 2.05) is 6.92 Å². The highest BCUT2D eigenvalue weighted by Gasteiger charge is 2.25. The first kappa shape index (κ1) is 16.3. The van der Waals surface area contributed by atoms with Gasteiger partial charge >= 0.3 is 0 Å². The molecule has 0 saturated heterocycles. The van der Waals surface area contributed by atoms with Crippen LogP contribution in [-0.4, -0.2) is 25.1 Å². The molecule has 1 heterocycles. The van der Waals surface area contributed by atoms with Crippen molar-refractivity contribution in [2.75, 3.05) is 5.32 Å². The zero-order chi connectivity index (χ0) is 15.8. The molecule has 2 rings (SSSR count). The predicted molar refractivity (Wildman–Crippen MR) is 85.1 cm³/mol. The Hall–Kier alpha value is -1.05. The summed E-state index contributed by atoms with van der Waals surface area (Å²) in [5, 5.41) is 2.94. The van der Waals surface area contributed by atoms with Crippen LogP contribution in [0.3, 0.4) is 0 Å². The Bertz CT molecular complexity index is 663. The molecule has 0 radical (unpaired) electrons. The normalized spacial score (nSPS) is 19.6. The molecule has 0 aromatic heterocycles. The van der Waals surface area contributed by atoms with E-state index in [4.69, 9.17) is 0 Å². The maximum atomic E-state index is 12.3. The number of nitrogens with one attached hydrogen (secondary N) is 2. The monoisotopic (exact) mass is 328 g/mol. The SMILES string of the molecule is C[C@@H]1CC(=O)Nc2cc(S(=O)(=O)NC(C)(C)C)ccc2S1. The Balaban J connectivity index is 2.39. The van der Waals surface area contributed by atoms with Gasteiger partial charge in [0.15, 0.2) is 0 Å². The highest BCUT2D eigenvalue weighted by atomic mass is 32.2. The summed E-state index contributed by atoms with van der Waals surface area (Å²) in [5.41, 5.74) is 0.00383. The van der Waals surface area contributed by atoms with Crippen molar-refractivity contribution in [2.45, 2.75) is 54.7 Å². The van der Waals surface area contributed by atoms with Gasteiger partial charge in [-0.1, -0.05) is 6.92 Å². The van der Waals surface area contributed by atoms with Crippen LogP contribution in [0.15, 0.2) is 28.0 Å². The Morgan fingerprint density at radius 1 is 1.33 bits per heavy atom. The van der Waals surface area contributed by atoms with E-state index in [1.54, 1.807) is 44.7 Å². The fourth-order valence-corrected chi connectivity index (χ4v) is 4.56. The van der Waals surface area contributed by atoms with Crippen LogP contribution in [0.1, 0.15) is 34.1 Å². The van der Waals surface area contributed by atoms with Crippen LogP contribution in [0.25, 0.3) is 0 Å². The van der Waals surface area contributed by atoms with E-state index in [0.29, 0.717) is 12.1 Å². The van der Waals surface area contributed by atoms with E-state index in [-0.39, 0.29) is 16.1 Å². The smallest absolute Gasteiger partial charge is 0.241 e. The molecule has 5 nitrogen and oxygen atoms in total. The molecular formula is C14H20N2O3S2. The Morgan fingerprint density at radius 3 is 2.62 bits per heavy atom. The van der Waals surface area contributed by atoms with Crippen LogP contribution in [0.2, 0.25) is 0 Å². The summed E-state index contributed by atoms with van der Waals surface area (Å²) < 4.78 is 27.3. The third-order valence-electron chi connectivity index (χ3n) is 2.78. The van der Waals surface area contributed by atoms with Crippen LogP contribution < -0.4 is 10.0 Å². The molecule has 21 heavy (non-hydrogen) atoms. The molecular weight excluding hydrogens is 308 g/mol. The van der Waals surface area contributed by atoms with Crippen molar-refractivity contribution in [3.05, 3.63) is 18.2 Å². The van der Waals surface area contributed by atoms with Gasteiger partial charge in [0, 0.05) is 22.1 Å². The minimum Gasteiger partial charge on any atom is -0.325 e. The van der Waals surface area contributed by atoms with Crippen LogP contribution in [0, 0.1) is 0 Å². The molecule has 1 aliphatic rings. The number of amides is 1. The molecule has 2 N–H and O–H groups in total. The fraction of sp³-hybridized carbons (Fsp3) is 0.500. The van der Waals surface area contributed by atoms with Crippen molar-refractivity contribution in [3.8, 4) is 0 Å². The van der Waals surface area contributed by atoms with Gasteiger partial charge in [-0.25, -0.2) is 13.1 Å². The van der Waals surface area contributed by atoms with Gasteiger partial charge in [0.05, 0.1) is 10.6 Å². The summed E-state index contributed by atoms with van der Waals surface area (Å²) in [7, 11) is -3.60. The number of hydrogen-bond acceptors (Lipinski definition) is 4. The third-order valence-corrected chi connectivity index (χ3v) is 5.71. The predicted octanol–water partition coefficient (Wildman–Crippen LogP) is 2.59. The van der Waals surface area contributed by atoms with Gasteiger partial charge in [-0.3, -0.25) is 4.79 Å². The number of thioether (sulfide) groups is 1. The number of fused-ring (bicyclic) bond motifs is 1. The highest BCUT2D eigenvalue weighted by molar-refractivity contribution is 8.00. The number of carbonyl (C=O) groups excluding carboxylic acids is 1. The molecule has 0 fully saturated rings. The lowest BCUT2D eigenvalue weighted by atomic mass is 10.1. The first-order chi connectivity index (χ1) is 9.57. The van der Waals surface area contributed by atoms with Gasteiger partial charge in [-0.05, 0) is 39.0 Å². The van der Waals surface area contributed by atoms with E-state index in [2.05, 4.69) is 10.0 Å². The summed E-state index contributed by atoms with van der Waals surface area (Å²) in [5.74, 6) is -0.0907. The van der Waals surface area contributed by atoms with E-state index < -0.39 is 15.6 Å². The van der Waals surface area contributed by atoms with Gasteiger partial charge in [-0.2, -0.15) is 0 Å². The fourth-order valence-electron chi connectivity index (χ4n) is 2.06. The molecule has 0 spiro atoms. The minimum atomic E-state index is -3.60. The average Bonchev–Trinajstić information content (AvgIpc) is 2.41. The molecule has 1 atom stereocenters. The number of rotatable bonds is 2. The lowest BCUT2D eigenvalue weighted by Gasteiger charge is -2.20. The molecule has 1 amide bonds. The lowest BCUT2D eigenvalue weighted by molar-refractivity contribution is -0.116. The second-order valence-corrected chi connectivity index (χ2v) is 9.36. The van der Waals surface area contributed by atoms with Crippen molar-refractivity contribution in [1.82, 2.24) is 4.72 Å². The quantitative estimate of drug-likeness (QED) is 0.875. The largest absolute Gasteiger partial charge is 0.325 e. The zero-order valence-corrected chi connectivity index (χ0v) is 14.2. The average molecular weight is 328 g/mol. The van der Waals surface area contributed by atoms with E-state index in [0.717, 1.165) is 4.90 Å². The van der Waals surface area contributed by atoms with Gasteiger partial charge in [0.25, 0.3) is 0 Å². The molecule has 1 aromatic carbocycles. The second-order valence-electron chi connectivity index (χ2n) is 6.19. The van der Waals surface area contributed by atoms with Gasteiger partial charge in [0.2, 0.25) is 15.9 Å². The number of anilines is 1. The zero-order valence-electron chi connectivity index (χ0n) is 12.6. The number of hydrogen-bond donors (Lipinski definition) is 2. The summed E-state index contributed by atoms with van der Waals surface area (Å²) in [6.07, 6.45) is 0.418. The molecule has 116 valence electrons. The molecule has 0 saturated carbocycles. The Kier molecular flexibility index (Phi) is 4.37. The summed E-state index contributed by atoms with van der Waals surface area (Å²) in [6.45, 7) is 7.33. The van der Waals surface area contributed by atoms with E-state index in [1.165, 1.54) is 6.07 Å². The van der Waals surface area contributed by atoms with Gasteiger partial charge in [-0.15, -0.1) is 11.8 Å². The van der Waals surface area contributed by atoms with Crippen LogP contribution >= 0.6 is 11.8 Å². The first-order valence-corrected chi connectivity index (χ1v) is 9.08. The van der Waals surface area contributed by atoms with Crippen LogP contribution in [0.5, 0.6) is 0 Å². The van der Waals surface area contributed by atoms with Crippen LogP contribution in [-0.2, 0) is 14.8 Å². The van der Waals surface area contributed by atoms with E-state index >= 15 is 0 Å². The van der Waals surface area contributed by atoms with Crippen molar-refractivity contribution in [2.24, 2.45) is 0 Å². The molecule has 0 bridgehead atoms. The third kappa shape index (κ3) is 4.21. The van der Waals surface area contributed by atoms with Gasteiger partial charge < -0.3 is 5.32 Å². The van der Waals surface area contributed by atoms with Crippen molar-refractivity contribution < 1.29 is 13.2 Å². The number of benzene rings is 1. The molecule has 0 aliphatic carbocycles. The van der Waals surface area contributed by atoms with E-state index in [9.17, 15) is 13.2 Å². The number of sulfonamides is 1. The molecule has 1 aliphatic heterocycles. The molecule has 1 aromatic rings. The first-order valence-electron chi connectivity index (χ1n) is 6.71. The highest BCUT2D eigenvalue weighted by Crippen LogP contribution is 2.36. The van der Waals surface area contributed by atoms with Crippen LogP contribution in [0.4, 0.5) is 5.69 Å². The summed E-state index contributed by atoms with van der Waals surface area (Å²) >= 11 is 1.57. The molecule has 0 unspecified atom stereocenters. The second kappa shape index (κ2) is 5.62. The van der Waals surface area contributed by atoms with Crippen molar-refractivity contribution in [3.63, 3.8) is 0 Å². The van der Waals surface area contributed by atoms with Crippen molar-refractivity contribution >= 4 is 33.4 Å². The maximum Gasteiger partial charge on any atom is 0.241 e.